The van der Waals surface area contributed by atoms with Crippen LogP contribution in [0.4, 0.5) is 5.69 Å². The molecular formula is C14H22N2O. The molecule has 0 saturated heterocycles. The van der Waals surface area contributed by atoms with Crippen molar-refractivity contribution in [2.75, 3.05) is 18.1 Å². The Morgan fingerprint density at radius 2 is 2.06 bits per heavy atom. The minimum atomic E-state index is 0.212. The Labute approximate surface area is 103 Å². The van der Waals surface area contributed by atoms with Gasteiger partial charge in [-0.1, -0.05) is 25.0 Å². The number of aliphatic hydroxyl groups excluding tert-OH is 1. The first-order chi connectivity index (χ1) is 8.35. The van der Waals surface area contributed by atoms with Crippen LogP contribution in [0, 0.1) is 0 Å². The van der Waals surface area contributed by atoms with Gasteiger partial charge in [0.25, 0.3) is 0 Å². The molecule has 1 aliphatic carbocycles. The standard InChI is InChI=1S/C14H22N2O/c15-11-12-4-3-7-14(10-12)16(8-9-17)13-5-1-2-6-13/h3-4,7,10,13,17H,1-2,5-6,8-9,11,15H2. The Bertz CT molecular complexity index is 348. The van der Waals surface area contributed by atoms with E-state index in [2.05, 4.69) is 29.2 Å². The summed E-state index contributed by atoms with van der Waals surface area (Å²) in [4.78, 5) is 2.34. The van der Waals surface area contributed by atoms with Gasteiger partial charge >= 0.3 is 0 Å². The average Bonchev–Trinajstić information content (AvgIpc) is 2.89. The summed E-state index contributed by atoms with van der Waals surface area (Å²) in [5.41, 5.74) is 8.04. The number of nitrogens with two attached hydrogens (primary N) is 1. The normalized spacial score (nSPS) is 16.4. The van der Waals surface area contributed by atoms with E-state index < -0.39 is 0 Å². The van der Waals surface area contributed by atoms with Crippen molar-refractivity contribution in [2.24, 2.45) is 5.73 Å². The number of anilines is 1. The highest BCUT2D eigenvalue weighted by molar-refractivity contribution is 5.49. The SMILES string of the molecule is NCc1cccc(N(CCO)C2CCCC2)c1. The molecule has 0 bridgehead atoms. The zero-order valence-electron chi connectivity index (χ0n) is 10.3. The lowest BCUT2D eigenvalue weighted by molar-refractivity contribution is 0.297. The lowest BCUT2D eigenvalue weighted by Gasteiger charge is -2.31. The summed E-state index contributed by atoms with van der Waals surface area (Å²) < 4.78 is 0. The fourth-order valence-electron chi connectivity index (χ4n) is 2.71. The number of aliphatic hydroxyl groups is 1. The number of hydrogen-bond donors (Lipinski definition) is 2. The molecule has 0 spiro atoms. The first kappa shape index (κ1) is 12.4. The summed E-state index contributed by atoms with van der Waals surface area (Å²) in [6.45, 7) is 1.51. The molecular weight excluding hydrogens is 212 g/mol. The number of rotatable bonds is 5. The van der Waals surface area contributed by atoms with Crippen LogP contribution in [0.5, 0.6) is 0 Å². The van der Waals surface area contributed by atoms with Crippen molar-refractivity contribution < 1.29 is 5.11 Å². The van der Waals surface area contributed by atoms with Gasteiger partial charge < -0.3 is 15.7 Å². The van der Waals surface area contributed by atoms with Crippen LogP contribution in [-0.4, -0.2) is 24.3 Å². The van der Waals surface area contributed by atoms with Crippen LogP contribution in [-0.2, 0) is 6.54 Å². The minimum absolute atomic E-state index is 0.212. The molecule has 3 N–H and O–H groups in total. The predicted molar refractivity (Wildman–Crippen MR) is 71.0 cm³/mol. The van der Waals surface area contributed by atoms with Crippen molar-refractivity contribution >= 4 is 5.69 Å². The maximum Gasteiger partial charge on any atom is 0.0606 e. The molecule has 1 aromatic carbocycles. The van der Waals surface area contributed by atoms with Crippen LogP contribution in [0.25, 0.3) is 0 Å². The topological polar surface area (TPSA) is 49.5 Å². The molecule has 3 heteroatoms. The Morgan fingerprint density at radius 1 is 1.29 bits per heavy atom. The summed E-state index contributed by atoms with van der Waals surface area (Å²) in [6.07, 6.45) is 5.10. The molecule has 1 fully saturated rings. The Hall–Kier alpha value is -1.06. The van der Waals surface area contributed by atoms with E-state index in [0.29, 0.717) is 12.6 Å². The average molecular weight is 234 g/mol. The predicted octanol–water partition coefficient (Wildman–Crippen LogP) is 1.89. The molecule has 0 atom stereocenters. The van der Waals surface area contributed by atoms with Crippen LogP contribution in [0.1, 0.15) is 31.2 Å². The summed E-state index contributed by atoms with van der Waals surface area (Å²) in [7, 11) is 0. The molecule has 0 unspecified atom stereocenters. The molecule has 94 valence electrons. The van der Waals surface area contributed by atoms with Crippen LogP contribution in [0.3, 0.4) is 0 Å². The molecule has 0 radical (unpaired) electrons. The van der Waals surface area contributed by atoms with Crippen LogP contribution in [0.15, 0.2) is 24.3 Å². The van der Waals surface area contributed by atoms with Crippen LogP contribution < -0.4 is 10.6 Å². The van der Waals surface area contributed by atoms with E-state index in [0.717, 1.165) is 12.1 Å². The maximum absolute atomic E-state index is 9.22. The monoisotopic (exact) mass is 234 g/mol. The molecule has 0 aromatic heterocycles. The largest absolute Gasteiger partial charge is 0.395 e. The molecule has 17 heavy (non-hydrogen) atoms. The van der Waals surface area contributed by atoms with E-state index in [9.17, 15) is 5.11 Å². The number of hydrogen-bond acceptors (Lipinski definition) is 3. The fourth-order valence-corrected chi connectivity index (χ4v) is 2.71. The van der Waals surface area contributed by atoms with Crippen LogP contribution in [0.2, 0.25) is 0 Å². The van der Waals surface area contributed by atoms with Gasteiger partial charge in [-0.25, -0.2) is 0 Å². The quantitative estimate of drug-likeness (QED) is 0.818. The third kappa shape index (κ3) is 2.99. The molecule has 2 rings (SSSR count). The molecule has 0 amide bonds. The Morgan fingerprint density at radius 3 is 2.71 bits per heavy atom. The van der Waals surface area contributed by atoms with Gasteiger partial charge in [0.1, 0.15) is 0 Å². The first-order valence-corrected chi connectivity index (χ1v) is 6.51. The van der Waals surface area contributed by atoms with E-state index in [1.807, 2.05) is 0 Å². The van der Waals surface area contributed by atoms with Crippen molar-refractivity contribution in [2.45, 2.75) is 38.3 Å². The van der Waals surface area contributed by atoms with Gasteiger partial charge in [-0.15, -0.1) is 0 Å². The van der Waals surface area contributed by atoms with Crippen molar-refractivity contribution in [3.8, 4) is 0 Å². The van der Waals surface area contributed by atoms with Gasteiger partial charge in [0.05, 0.1) is 6.61 Å². The number of benzene rings is 1. The number of nitrogens with zero attached hydrogens (tertiary/aromatic N) is 1. The van der Waals surface area contributed by atoms with Crippen molar-refractivity contribution in [1.82, 2.24) is 0 Å². The highest BCUT2D eigenvalue weighted by atomic mass is 16.3. The molecule has 3 nitrogen and oxygen atoms in total. The Kier molecular flexibility index (Phi) is 4.40. The Balaban J connectivity index is 2.18. The van der Waals surface area contributed by atoms with E-state index in [1.54, 1.807) is 0 Å². The third-order valence-electron chi connectivity index (χ3n) is 3.58. The van der Waals surface area contributed by atoms with Crippen molar-refractivity contribution in [3.05, 3.63) is 29.8 Å². The molecule has 1 saturated carbocycles. The smallest absolute Gasteiger partial charge is 0.0606 e. The van der Waals surface area contributed by atoms with Gasteiger partial charge in [-0.2, -0.15) is 0 Å². The van der Waals surface area contributed by atoms with Crippen molar-refractivity contribution in [3.63, 3.8) is 0 Å². The third-order valence-corrected chi connectivity index (χ3v) is 3.58. The lowest BCUT2D eigenvalue weighted by Crippen LogP contribution is -2.35. The summed E-state index contributed by atoms with van der Waals surface area (Å²) in [6, 6.07) is 8.96. The van der Waals surface area contributed by atoms with Crippen LogP contribution >= 0.6 is 0 Å². The second-order valence-electron chi connectivity index (χ2n) is 4.73. The van der Waals surface area contributed by atoms with E-state index in [-0.39, 0.29) is 6.61 Å². The zero-order chi connectivity index (χ0) is 12.1. The molecule has 0 heterocycles. The van der Waals surface area contributed by atoms with Crippen molar-refractivity contribution in [1.29, 1.82) is 0 Å². The van der Waals surface area contributed by atoms with Gasteiger partial charge in [0.2, 0.25) is 0 Å². The maximum atomic E-state index is 9.22. The first-order valence-electron chi connectivity index (χ1n) is 6.51. The lowest BCUT2D eigenvalue weighted by atomic mass is 10.1. The molecule has 1 aromatic rings. The zero-order valence-corrected chi connectivity index (χ0v) is 10.3. The highest BCUT2D eigenvalue weighted by Gasteiger charge is 2.22. The van der Waals surface area contributed by atoms with E-state index in [4.69, 9.17) is 5.73 Å². The molecule has 0 aliphatic heterocycles. The van der Waals surface area contributed by atoms with Gasteiger partial charge in [0.15, 0.2) is 0 Å². The summed E-state index contributed by atoms with van der Waals surface area (Å²) >= 11 is 0. The fraction of sp³-hybridized carbons (Fsp3) is 0.571. The minimum Gasteiger partial charge on any atom is -0.395 e. The van der Waals surface area contributed by atoms with Gasteiger partial charge in [0, 0.05) is 24.8 Å². The van der Waals surface area contributed by atoms with Gasteiger partial charge in [-0.3, -0.25) is 0 Å². The highest BCUT2D eigenvalue weighted by Crippen LogP contribution is 2.28. The second kappa shape index (κ2) is 6.03. The van der Waals surface area contributed by atoms with E-state index >= 15 is 0 Å². The summed E-state index contributed by atoms with van der Waals surface area (Å²) in [5.74, 6) is 0. The van der Waals surface area contributed by atoms with Gasteiger partial charge in [-0.05, 0) is 30.5 Å². The van der Waals surface area contributed by atoms with E-state index in [1.165, 1.54) is 31.4 Å². The molecule has 1 aliphatic rings. The summed E-state index contributed by atoms with van der Waals surface area (Å²) in [5, 5.41) is 9.22. The second-order valence-corrected chi connectivity index (χ2v) is 4.73.